The zero-order valence-electron chi connectivity index (χ0n) is 24.3. The van der Waals surface area contributed by atoms with Crippen molar-refractivity contribution in [3.8, 4) is 5.75 Å². The van der Waals surface area contributed by atoms with Crippen LogP contribution in [0.3, 0.4) is 0 Å². The molecule has 0 saturated carbocycles. The molecule has 3 aromatic carbocycles. The van der Waals surface area contributed by atoms with Crippen LogP contribution in [0, 0.1) is 6.92 Å². The predicted octanol–water partition coefficient (Wildman–Crippen LogP) is 4.04. The molecule has 0 saturated heterocycles. The molecular formula is C33H37N5O4S. The molecule has 3 amide bonds. The van der Waals surface area contributed by atoms with Crippen LogP contribution in [-0.2, 0) is 22.7 Å². The molecule has 9 nitrogen and oxygen atoms in total. The van der Waals surface area contributed by atoms with Gasteiger partial charge in [0.1, 0.15) is 5.75 Å². The molecule has 10 heteroatoms. The fourth-order valence-corrected chi connectivity index (χ4v) is 5.09. The predicted molar refractivity (Wildman–Crippen MR) is 168 cm³/mol. The lowest BCUT2D eigenvalue weighted by atomic mass is 9.97. The van der Waals surface area contributed by atoms with Crippen LogP contribution in [0.1, 0.15) is 57.1 Å². The lowest BCUT2D eigenvalue weighted by Crippen LogP contribution is -2.41. The molecule has 0 fully saturated rings. The van der Waals surface area contributed by atoms with Crippen LogP contribution >= 0.6 is 11.3 Å². The molecule has 4 rings (SSSR count). The molecule has 0 unspecified atom stereocenters. The molecule has 0 radical (unpaired) electrons. The van der Waals surface area contributed by atoms with E-state index in [0.29, 0.717) is 42.3 Å². The first-order valence-corrected chi connectivity index (χ1v) is 15.1. The van der Waals surface area contributed by atoms with Gasteiger partial charge in [0.05, 0.1) is 29.6 Å². The summed E-state index contributed by atoms with van der Waals surface area (Å²) >= 11 is 1.38. The van der Waals surface area contributed by atoms with Crippen molar-refractivity contribution in [3.63, 3.8) is 0 Å². The van der Waals surface area contributed by atoms with Gasteiger partial charge in [-0.2, -0.15) is 0 Å². The topological polar surface area (TPSA) is 135 Å². The van der Waals surface area contributed by atoms with Crippen LogP contribution in [0.4, 0.5) is 0 Å². The molecule has 0 aliphatic heterocycles. The number of nitrogens with one attached hydrogen (secondary N) is 3. The molecular weight excluding hydrogens is 562 g/mol. The number of hydrogen-bond acceptors (Lipinski definition) is 7. The Morgan fingerprint density at radius 3 is 2.12 bits per heavy atom. The average Bonchev–Trinajstić information content (AvgIpc) is 3.56. The molecule has 0 aliphatic rings. The number of aryl methyl sites for hydroxylation is 1. The lowest BCUT2D eigenvalue weighted by Gasteiger charge is -2.21. The number of nitrogens with two attached hydrogens (primary N) is 1. The van der Waals surface area contributed by atoms with Crippen molar-refractivity contribution in [2.45, 2.75) is 38.8 Å². The van der Waals surface area contributed by atoms with Crippen LogP contribution < -0.4 is 26.4 Å². The van der Waals surface area contributed by atoms with E-state index >= 15 is 0 Å². The Labute approximate surface area is 255 Å². The Morgan fingerprint density at radius 1 is 0.837 bits per heavy atom. The van der Waals surface area contributed by atoms with Crippen molar-refractivity contribution in [2.75, 3.05) is 19.7 Å². The van der Waals surface area contributed by atoms with Crippen LogP contribution in [0.2, 0.25) is 0 Å². The molecule has 43 heavy (non-hydrogen) atoms. The largest absolute Gasteiger partial charge is 0.494 e. The third-order valence-electron chi connectivity index (χ3n) is 7.02. The third-order valence-corrected chi connectivity index (χ3v) is 7.63. The van der Waals surface area contributed by atoms with Crippen molar-refractivity contribution in [1.29, 1.82) is 0 Å². The summed E-state index contributed by atoms with van der Waals surface area (Å²) in [6, 6.07) is 22.2. The van der Waals surface area contributed by atoms with E-state index in [2.05, 4.69) is 20.9 Å². The first-order chi connectivity index (χ1) is 20.9. The Kier molecular flexibility index (Phi) is 11.4. The number of carbonyl (C=O) groups excluding carboxylic acids is 3. The van der Waals surface area contributed by atoms with E-state index < -0.39 is 11.8 Å². The molecule has 0 aliphatic carbocycles. The molecule has 0 bridgehead atoms. The van der Waals surface area contributed by atoms with Crippen molar-refractivity contribution < 1.29 is 19.1 Å². The van der Waals surface area contributed by atoms with E-state index in [1.807, 2.05) is 62.4 Å². The zero-order valence-corrected chi connectivity index (χ0v) is 25.2. The maximum absolute atomic E-state index is 13.6. The lowest BCUT2D eigenvalue weighted by molar-refractivity contribution is -0.124. The molecule has 0 spiro atoms. The van der Waals surface area contributed by atoms with E-state index in [0.717, 1.165) is 16.7 Å². The summed E-state index contributed by atoms with van der Waals surface area (Å²) in [5, 5.41) is 10.6. The van der Waals surface area contributed by atoms with Gasteiger partial charge < -0.3 is 26.4 Å². The highest BCUT2D eigenvalue weighted by Gasteiger charge is 2.27. The minimum atomic E-state index is -0.703. The maximum atomic E-state index is 13.6. The molecule has 4 aromatic rings. The van der Waals surface area contributed by atoms with Gasteiger partial charge in [-0.3, -0.25) is 14.4 Å². The Hall–Kier alpha value is -4.54. The number of aromatic nitrogens is 1. The van der Waals surface area contributed by atoms with Gasteiger partial charge in [0, 0.05) is 37.1 Å². The van der Waals surface area contributed by atoms with Crippen LogP contribution in [-0.4, -0.2) is 42.4 Å². The monoisotopic (exact) mass is 599 g/mol. The standard InChI is InChI=1S/C33H37N5O4S/c1-3-42-27-14-12-25(13-15-27)28(18-36-31(39)26-10-4-22(2)5-11-26)32(40)37-19-29(30-20-43-21-38-30)33(41)35-17-24-8-6-23(16-34)7-9-24/h4-15,20-21,28-29H,3,16-19,34H2,1-2H3,(H,35,41)(H,36,39)(H,37,40)/t28-,29+/m1/s1. The van der Waals surface area contributed by atoms with Crippen molar-refractivity contribution in [2.24, 2.45) is 5.73 Å². The number of thiazole rings is 1. The van der Waals surface area contributed by atoms with Gasteiger partial charge in [-0.25, -0.2) is 4.98 Å². The van der Waals surface area contributed by atoms with Crippen molar-refractivity contribution in [1.82, 2.24) is 20.9 Å². The number of hydrogen-bond donors (Lipinski definition) is 4. The van der Waals surface area contributed by atoms with Gasteiger partial charge in [-0.15, -0.1) is 11.3 Å². The molecule has 1 aromatic heterocycles. The Balaban J connectivity index is 1.46. The summed E-state index contributed by atoms with van der Waals surface area (Å²) in [4.78, 5) is 44.1. The van der Waals surface area contributed by atoms with E-state index in [-0.39, 0.29) is 30.8 Å². The highest BCUT2D eigenvalue weighted by molar-refractivity contribution is 7.07. The van der Waals surface area contributed by atoms with Gasteiger partial charge in [-0.1, -0.05) is 54.1 Å². The van der Waals surface area contributed by atoms with E-state index in [1.165, 1.54) is 11.3 Å². The quantitative estimate of drug-likeness (QED) is 0.173. The Morgan fingerprint density at radius 2 is 1.49 bits per heavy atom. The van der Waals surface area contributed by atoms with E-state index in [4.69, 9.17) is 10.5 Å². The first kappa shape index (κ1) is 31.4. The average molecular weight is 600 g/mol. The van der Waals surface area contributed by atoms with Crippen molar-refractivity contribution in [3.05, 3.63) is 117 Å². The number of nitrogens with zero attached hydrogens (tertiary/aromatic N) is 1. The summed E-state index contributed by atoms with van der Waals surface area (Å²) < 4.78 is 5.55. The number of ether oxygens (including phenoxy) is 1. The van der Waals surface area contributed by atoms with Crippen LogP contribution in [0.15, 0.2) is 83.7 Å². The van der Waals surface area contributed by atoms with Gasteiger partial charge in [0.25, 0.3) is 5.91 Å². The van der Waals surface area contributed by atoms with E-state index in [9.17, 15) is 14.4 Å². The van der Waals surface area contributed by atoms with Gasteiger partial charge >= 0.3 is 0 Å². The van der Waals surface area contributed by atoms with Crippen LogP contribution in [0.5, 0.6) is 5.75 Å². The summed E-state index contributed by atoms with van der Waals surface area (Å²) in [5.74, 6) is -1.56. The zero-order chi connectivity index (χ0) is 30.6. The molecule has 2 atom stereocenters. The summed E-state index contributed by atoms with van der Waals surface area (Å²) in [5.41, 5.74) is 12.1. The number of amides is 3. The van der Waals surface area contributed by atoms with Gasteiger partial charge in [0.2, 0.25) is 11.8 Å². The van der Waals surface area contributed by atoms with Crippen molar-refractivity contribution >= 4 is 29.1 Å². The second-order valence-corrected chi connectivity index (χ2v) is 10.8. The SMILES string of the molecule is CCOc1ccc([C@@H](CNC(=O)c2ccc(C)cc2)C(=O)NC[C@H](C(=O)NCc2ccc(CN)cc2)c2cscn2)cc1. The highest BCUT2D eigenvalue weighted by Crippen LogP contribution is 2.21. The molecule has 5 N–H and O–H groups in total. The maximum Gasteiger partial charge on any atom is 0.251 e. The second kappa shape index (κ2) is 15.6. The van der Waals surface area contributed by atoms with E-state index in [1.54, 1.807) is 35.2 Å². The third kappa shape index (κ3) is 8.97. The number of rotatable bonds is 14. The van der Waals surface area contributed by atoms with Gasteiger partial charge in [0.15, 0.2) is 0 Å². The molecule has 224 valence electrons. The Bertz CT molecular complexity index is 1470. The summed E-state index contributed by atoms with van der Waals surface area (Å²) in [6.07, 6.45) is 0. The van der Waals surface area contributed by atoms with Gasteiger partial charge in [-0.05, 0) is 54.8 Å². The summed E-state index contributed by atoms with van der Waals surface area (Å²) in [6.45, 7) is 5.27. The highest BCUT2D eigenvalue weighted by atomic mass is 32.1. The first-order valence-electron chi connectivity index (χ1n) is 14.2. The smallest absolute Gasteiger partial charge is 0.251 e. The normalized spacial score (nSPS) is 12.2. The second-order valence-electron chi connectivity index (χ2n) is 10.1. The number of benzene rings is 3. The fourth-order valence-electron chi connectivity index (χ4n) is 4.48. The minimum Gasteiger partial charge on any atom is -0.494 e. The summed E-state index contributed by atoms with van der Waals surface area (Å²) in [7, 11) is 0. The van der Waals surface area contributed by atoms with Crippen LogP contribution in [0.25, 0.3) is 0 Å². The fraction of sp³-hybridized carbons (Fsp3) is 0.273. The molecule has 1 heterocycles. The number of carbonyl (C=O) groups is 3. The minimum absolute atomic E-state index is 0.0416.